The van der Waals surface area contributed by atoms with E-state index in [9.17, 15) is 0 Å². The molecule has 2 aliphatic heterocycles. The van der Waals surface area contributed by atoms with Gasteiger partial charge in [-0.2, -0.15) is 0 Å². The van der Waals surface area contributed by atoms with E-state index in [0.29, 0.717) is 12.2 Å². The Bertz CT molecular complexity index is 177. The van der Waals surface area contributed by atoms with Crippen LogP contribution < -0.4 is 0 Å². The maximum Gasteiger partial charge on any atom is 0.0796 e. The van der Waals surface area contributed by atoms with E-state index in [4.69, 9.17) is 4.74 Å². The number of hydrogen-bond acceptors (Lipinski definition) is 1. The summed E-state index contributed by atoms with van der Waals surface area (Å²) in [5, 5.41) is 0. The predicted octanol–water partition coefficient (Wildman–Crippen LogP) is 2.13. The van der Waals surface area contributed by atoms with E-state index in [1.54, 1.807) is 0 Å². The molecule has 11 heavy (non-hydrogen) atoms. The second kappa shape index (κ2) is 2.10. The zero-order valence-electron chi connectivity index (χ0n) is 6.70. The Hall–Kier alpha value is -0.300. The Morgan fingerprint density at radius 3 is 2.00 bits per heavy atom. The zero-order chi connectivity index (χ0) is 7.26. The molecule has 0 aromatic heterocycles. The molecule has 1 heteroatoms. The Morgan fingerprint density at radius 1 is 0.909 bits per heavy atom. The van der Waals surface area contributed by atoms with Crippen molar-refractivity contribution in [3.8, 4) is 0 Å². The van der Waals surface area contributed by atoms with Crippen LogP contribution in [0.25, 0.3) is 0 Å². The van der Waals surface area contributed by atoms with Gasteiger partial charge in [0.15, 0.2) is 0 Å². The molecule has 1 aliphatic carbocycles. The Labute approximate surface area is 67.4 Å². The first-order chi connectivity index (χ1) is 5.45. The van der Waals surface area contributed by atoms with Crippen molar-refractivity contribution in [2.24, 2.45) is 11.8 Å². The van der Waals surface area contributed by atoms with E-state index in [1.807, 2.05) is 0 Å². The third-order valence-electron chi connectivity index (χ3n) is 3.52. The van der Waals surface area contributed by atoms with Gasteiger partial charge in [0.1, 0.15) is 0 Å². The molecule has 4 unspecified atom stereocenters. The third kappa shape index (κ3) is 0.750. The van der Waals surface area contributed by atoms with Crippen LogP contribution in [0.15, 0.2) is 12.2 Å². The molecule has 0 amide bonds. The van der Waals surface area contributed by atoms with Crippen LogP contribution in [-0.2, 0) is 4.74 Å². The predicted molar refractivity (Wildman–Crippen MR) is 43.2 cm³/mol. The average Bonchev–Trinajstić information content (AvgIpc) is 2.64. The van der Waals surface area contributed by atoms with Crippen molar-refractivity contribution in [3.05, 3.63) is 12.2 Å². The molecular formula is C10H14O. The van der Waals surface area contributed by atoms with E-state index >= 15 is 0 Å². The van der Waals surface area contributed by atoms with Crippen molar-refractivity contribution in [2.45, 2.75) is 37.9 Å². The van der Waals surface area contributed by atoms with Crippen LogP contribution in [0.4, 0.5) is 0 Å². The molecular weight excluding hydrogens is 136 g/mol. The van der Waals surface area contributed by atoms with Crippen LogP contribution in [-0.4, -0.2) is 12.2 Å². The topological polar surface area (TPSA) is 9.23 Å². The highest BCUT2D eigenvalue weighted by atomic mass is 16.5. The van der Waals surface area contributed by atoms with Gasteiger partial charge < -0.3 is 4.74 Å². The first-order valence-electron chi connectivity index (χ1n) is 4.79. The van der Waals surface area contributed by atoms with Crippen molar-refractivity contribution < 1.29 is 4.74 Å². The van der Waals surface area contributed by atoms with Crippen molar-refractivity contribution in [1.29, 1.82) is 0 Å². The highest BCUT2D eigenvalue weighted by Crippen LogP contribution is 2.46. The number of rotatable bonds is 0. The van der Waals surface area contributed by atoms with Crippen LogP contribution in [0.5, 0.6) is 0 Å². The first kappa shape index (κ1) is 6.24. The highest BCUT2D eigenvalue weighted by Gasteiger charge is 2.45. The van der Waals surface area contributed by atoms with Gasteiger partial charge in [-0.25, -0.2) is 0 Å². The van der Waals surface area contributed by atoms with Crippen molar-refractivity contribution in [3.63, 3.8) is 0 Å². The molecule has 0 radical (unpaired) electrons. The normalized spacial score (nSPS) is 53.1. The van der Waals surface area contributed by atoms with Gasteiger partial charge in [0.05, 0.1) is 12.2 Å². The zero-order valence-corrected chi connectivity index (χ0v) is 6.70. The molecule has 2 fully saturated rings. The van der Waals surface area contributed by atoms with Crippen molar-refractivity contribution in [2.75, 3.05) is 0 Å². The lowest BCUT2D eigenvalue weighted by atomic mass is 9.73. The SMILES string of the molecule is C1=CC2OC1C1CCCCC21. The van der Waals surface area contributed by atoms with Gasteiger partial charge in [-0.3, -0.25) is 0 Å². The van der Waals surface area contributed by atoms with Crippen LogP contribution in [0, 0.1) is 11.8 Å². The molecule has 0 aromatic carbocycles. The van der Waals surface area contributed by atoms with Gasteiger partial charge in [-0.1, -0.05) is 25.0 Å². The van der Waals surface area contributed by atoms with Crippen LogP contribution in [0.2, 0.25) is 0 Å². The van der Waals surface area contributed by atoms with E-state index in [-0.39, 0.29) is 0 Å². The third-order valence-corrected chi connectivity index (χ3v) is 3.52. The van der Waals surface area contributed by atoms with Gasteiger partial charge in [0.2, 0.25) is 0 Å². The van der Waals surface area contributed by atoms with Crippen LogP contribution in [0.3, 0.4) is 0 Å². The lowest BCUT2D eigenvalue weighted by Crippen LogP contribution is -2.26. The maximum absolute atomic E-state index is 5.81. The molecule has 0 spiro atoms. The molecule has 3 aliphatic rings. The fourth-order valence-corrected chi connectivity index (χ4v) is 2.98. The summed E-state index contributed by atoms with van der Waals surface area (Å²) in [7, 11) is 0. The molecule has 60 valence electrons. The Kier molecular flexibility index (Phi) is 1.19. The standard InChI is InChI=1S/C10H14O/c1-2-4-8-7(3-1)9-5-6-10(8)11-9/h5-10H,1-4H2. The smallest absolute Gasteiger partial charge is 0.0796 e. The first-order valence-corrected chi connectivity index (χ1v) is 4.79. The fourth-order valence-electron chi connectivity index (χ4n) is 2.98. The molecule has 0 aromatic rings. The van der Waals surface area contributed by atoms with E-state index in [2.05, 4.69) is 12.2 Å². The second-order valence-corrected chi connectivity index (χ2v) is 4.06. The largest absolute Gasteiger partial charge is 0.366 e. The summed E-state index contributed by atoms with van der Waals surface area (Å²) in [5.74, 6) is 1.78. The molecule has 2 heterocycles. The number of ether oxygens (including phenoxy) is 1. The number of fused-ring (bicyclic) bond motifs is 5. The fraction of sp³-hybridized carbons (Fsp3) is 0.800. The lowest BCUT2D eigenvalue weighted by Gasteiger charge is -2.29. The van der Waals surface area contributed by atoms with Crippen molar-refractivity contribution in [1.82, 2.24) is 0 Å². The summed E-state index contributed by atoms with van der Waals surface area (Å²) >= 11 is 0. The minimum Gasteiger partial charge on any atom is -0.366 e. The minimum absolute atomic E-state index is 0.505. The Morgan fingerprint density at radius 2 is 1.45 bits per heavy atom. The monoisotopic (exact) mass is 150 g/mol. The highest BCUT2D eigenvalue weighted by molar-refractivity contribution is 5.14. The van der Waals surface area contributed by atoms with E-state index in [0.717, 1.165) is 11.8 Å². The molecule has 0 N–H and O–H groups in total. The quantitative estimate of drug-likeness (QED) is 0.481. The van der Waals surface area contributed by atoms with E-state index in [1.165, 1.54) is 25.7 Å². The summed E-state index contributed by atoms with van der Waals surface area (Å²) < 4.78 is 5.81. The minimum atomic E-state index is 0.505. The lowest BCUT2D eigenvalue weighted by molar-refractivity contribution is 0.103. The molecule has 1 nitrogen and oxygen atoms in total. The summed E-state index contributed by atoms with van der Waals surface area (Å²) in [5.41, 5.74) is 0. The maximum atomic E-state index is 5.81. The van der Waals surface area contributed by atoms with Gasteiger partial charge in [-0.15, -0.1) is 0 Å². The van der Waals surface area contributed by atoms with Gasteiger partial charge in [-0.05, 0) is 24.7 Å². The van der Waals surface area contributed by atoms with Gasteiger partial charge in [0.25, 0.3) is 0 Å². The summed E-state index contributed by atoms with van der Waals surface area (Å²) in [6.07, 6.45) is 11.2. The molecule has 1 saturated heterocycles. The summed E-state index contributed by atoms with van der Waals surface area (Å²) in [4.78, 5) is 0. The molecule has 1 saturated carbocycles. The molecule has 3 rings (SSSR count). The van der Waals surface area contributed by atoms with Gasteiger partial charge in [0, 0.05) is 0 Å². The van der Waals surface area contributed by atoms with Gasteiger partial charge >= 0.3 is 0 Å². The number of hydrogen-bond donors (Lipinski definition) is 0. The molecule has 2 bridgehead atoms. The average molecular weight is 150 g/mol. The van der Waals surface area contributed by atoms with Crippen LogP contribution >= 0.6 is 0 Å². The van der Waals surface area contributed by atoms with Crippen LogP contribution in [0.1, 0.15) is 25.7 Å². The van der Waals surface area contributed by atoms with E-state index < -0.39 is 0 Å². The molecule has 4 atom stereocenters. The summed E-state index contributed by atoms with van der Waals surface area (Å²) in [6.45, 7) is 0. The summed E-state index contributed by atoms with van der Waals surface area (Å²) in [6, 6.07) is 0. The second-order valence-electron chi connectivity index (χ2n) is 4.06. The van der Waals surface area contributed by atoms with Crippen molar-refractivity contribution >= 4 is 0 Å². The Balaban J connectivity index is 1.90.